The fraction of sp³-hybridized carbons (Fsp3) is 0.412. The summed E-state index contributed by atoms with van der Waals surface area (Å²) in [7, 11) is -2.04. The monoisotopic (exact) mass is 377 g/mol. The number of hydrogen-bond donors (Lipinski definition) is 2. The topological polar surface area (TPSA) is 110 Å². The number of nitrogens with one attached hydrogen (secondary N) is 1. The molecule has 2 heterocycles. The zero-order valence-electron chi connectivity index (χ0n) is 14.7. The van der Waals surface area contributed by atoms with Crippen LogP contribution in [0.2, 0.25) is 0 Å². The van der Waals surface area contributed by atoms with Crippen molar-refractivity contribution < 1.29 is 13.2 Å². The van der Waals surface area contributed by atoms with Gasteiger partial charge in [0, 0.05) is 19.6 Å². The average Bonchev–Trinajstić information content (AvgIpc) is 2.67. The fourth-order valence-electron chi connectivity index (χ4n) is 3.04. The lowest BCUT2D eigenvalue weighted by atomic mass is 10.2. The van der Waals surface area contributed by atoms with Crippen molar-refractivity contribution in [1.82, 2.24) is 14.3 Å². The lowest BCUT2D eigenvalue weighted by Gasteiger charge is -2.27. The summed E-state index contributed by atoms with van der Waals surface area (Å²) in [6.45, 7) is 1.41. The highest BCUT2D eigenvalue weighted by atomic mass is 32.2. The van der Waals surface area contributed by atoms with Crippen LogP contribution in [0.1, 0.15) is 24.8 Å². The van der Waals surface area contributed by atoms with Gasteiger partial charge in [0.2, 0.25) is 15.8 Å². The van der Waals surface area contributed by atoms with E-state index >= 15 is 0 Å². The largest absolute Gasteiger partial charge is 0.490 e. The van der Waals surface area contributed by atoms with Gasteiger partial charge >= 0.3 is 0 Å². The van der Waals surface area contributed by atoms with Crippen molar-refractivity contribution in [3.8, 4) is 5.75 Å². The van der Waals surface area contributed by atoms with E-state index in [9.17, 15) is 8.42 Å². The van der Waals surface area contributed by atoms with E-state index in [1.54, 1.807) is 22.5 Å². The van der Waals surface area contributed by atoms with Crippen LogP contribution < -0.4 is 15.8 Å². The van der Waals surface area contributed by atoms with E-state index in [2.05, 4.69) is 15.3 Å². The molecule has 3 N–H and O–H groups in total. The van der Waals surface area contributed by atoms with Gasteiger partial charge in [-0.3, -0.25) is 0 Å². The third kappa shape index (κ3) is 3.73. The van der Waals surface area contributed by atoms with Crippen LogP contribution in [0.15, 0.2) is 35.5 Å². The predicted octanol–water partition coefficient (Wildman–Crippen LogP) is 1.85. The molecule has 0 atom stereocenters. The molecule has 140 valence electrons. The van der Waals surface area contributed by atoms with Crippen LogP contribution in [0, 0.1) is 0 Å². The number of aromatic nitrogens is 2. The van der Waals surface area contributed by atoms with Gasteiger partial charge in [0.1, 0.15) is 6.33 Å². The molecule has 1 aliphatic rings. The zero-order chi connectivity index (χ0) is 18.6. The summed E-state index contributed by atoms with van der Waals surface area (Å²) >= 11 is 0. The summed E-state index contributed by atoms with van der Waals surface area (Å²) in [6, 6.07) is 6.99. The molecule has 2 aromatic rings. The summed E-state index contributed by atoms with van der Waals surface area (Å²) in [5, 5.41) is 3.10. The molecule has 0 spiro atoms. The minimum atomic E-state index is -3.52. The molecular formula is C17H23N5O3S. The van der Waals surface area contributed by atoms with Crippen LogP contribution in [-0.4, -0.2) is 42.9 Å². The minimum absolute atomic E-state index is 0.222. The van der Waals surface area contributed by atoms with Crippen LogP contribution in [0.3, 0.4) is 0 Å². The van der Waals surface area contributed by atoms with Crippen molar-refractivity contribution >= 4 is 21.7 Å². The molecule has 0 unspecified atom stereocenters. The number of nitrogens with zero attached hydrogens (tertiary/aromatic N) is 3. The van der Waals surface area contributed by atoms with Gasteiger partial charge in [-0.1, -0.05) is 24.6 Å². The third-order valence-electron chi connectivity index (χ3n) is 4.39. The highest BCUT2D eigenvalue weighted by molar-refractivity contribution is 7.89. The first-order valence-electron chi connectivity index (χ1n) is 8.50. The van der Waals surface area contributed by atoms with Gasteiger partial charge < -0.3 is 15.8 Å². The van der Waals surface area contributed by atoms with Crippen LogP contribution in [0.25, 0.3) is 0 Å². The molecule has 1 fully saturated rings. The Hall–Kier alpha value is -2.39. The Labute approximate surface area is 153 Å². The Morgan fingerprint density at radius 2 is 1.92 bits per heavy atom. The van der Waals surface area contributed by atoms with Gasteiger partial charge in [-0.05, 0) is 24.5 Å². The van der Waals surface area contributed by atoms with Crippen molar-refractivity contribution in [3.63, 3.8) is 0 Å². The van der Waals surface area contributed by atoms with E-state index in [0.717, 1.165) is 19.3 Å². The third-order valence-corrected chi connectivity index (χ3v) is 6.39. The van der Waals surface area contributed by atoms with Gasteiger partial charge in [-0.25, -0.2) is 18.4 Å². The Kier molecular flexibility index (Phi) is 5.58. The Balaban J connectivity index is 1.85. The number of benzene rings is 1. The molecule has 26 heavy (non-hydrogen) atoms. The molecule has 0 amide bonds. The quantitative estimate of drug-likeness (QED) is 0.790. The van der Waals surface area contributed by atoms with Gasteiger partial charge in [-0.15, -0.1) is 0 Å². The molecule has 9 heteroatoms. The molecule has 3 rings (SSSR count). The van der Waals surface area contributed by atoms with E-state index in [1.807, 2.05) is 6.07 Å². The lowest BCUT2D eigenvalue weighted by molar-refractivity contribution is 0.346. The Bertz CT molecular complexity index is 866. The molecule has 1 aromatic heterocycles. The molecule has 1 aromatic carbocycles. The predicted molar refractivity (Wildman–Crippen MR) is 99.4 cm³/mol. The van der Waals surface area contributed by atoms with E-state index in [0.29, 0.717) is 35.1 Å². The van der Waals surface area contributed by atoms with Gasteiger partial charge in [0.05, 0.1) is 12.0 Å². The van der Waals surface area contributed by atoms with E-state index in [4.69, 9.17) is 10.5 Å². The SMILES string of the molecule is COc1c(N)ncnc1NCc1ccccc1S(=O)(=O)N1CCCCC1. The number of piperidine rings is 1. The molecule has 0 saturated carbocycles. The number of ether oxygens (including phenoxy) is 1. The zero-order valence-corrected chi connectivity index (χ0v) is 15.5. The first kappa shape index (κ1) is 18.4. The van der Waals surface area contributed by atoms with E-state index in [-0.39, 0.29) is 12.4 Å². The lowest BCUT2D eigenvalue weighted by Crippen LogP contribution is -2.36. The standard InChI is InChI=1S/C17H23N5O3S/c1-25-15-16(18)20-12-21-17(15)19-11-13-7-3-4-8-14(13)26(23,24)22-9-5-2-6-10-22/h3-4,7-8,12H,2,5-6,9-11H2,1H3,(H3,18,19,20,21). The molecule has 0 aliphatic carbocycles. The Morgan fingerprint density at radius 3 is 2.65 bits per heavy atom. The summed E-state index contributed by atoms with van der Waals surface area (Å²) in [6.07, 6.45) is 4.20. The highest BCUT2D eigenvalue weighted by Gasteiger charge is 2.27. The summed E-state index contributed by atoms with van der Waals surface area (Å²) in [5.74, 6) is 0.980. The minimum Gasteiger partial charge on any atom is -0.490 e. The maximum absolute atomic E-state index is 13.0. The molecule has 0 bridgehead atoms. The molecule has 0 radical (unpaired) electrons. The van der Waals surface area contributed by atoms with Crippen LogP contribution >= 0.6 is 0 Å². The van der Waals surface area contributed by atoms with Crippen molar-refractivity contribution in [2.75, 3.05) is 31.2 Å². The molecular weight excluding hydrogens is 354 g/mol. The van der Waals surface area contributed by atoms with Crippen LogP contribution in [-0.2, 0) is 16.6 Å². The number of anilines is 2. The second-order valence-electron chi connectivity index (χ2n) is 6.07. The second-order valence-corrected chi connectivity index (χ2v) is 7.97. The van der Waals surface area contributed by atoms with Crippen molar-refractivity contribution in [1.29, 1.82) is 0 Å². The van der Waals surface area contributed by atoms with E-state index in [1.165, 1.54) is 13.4 Å². The number of sulfonamides is 1. The van der Waals surface area contributed by atoms with Crippen LogP contribution in [0.5, 0.6) is 5.75 Å². The normalized spacial score (nSPS) is 15.6. The van der Waals surface area contributed by atoms with Crippen LogP contribution in [0.4, 0.5) is 11.6 Å². The first-order chi connectivity index (χ1) is 12.5. The fourth-order valence-corrected chi connectivity index (χ4v) is 4.78. The molecule has 1 aliphatic heterocycles. The molecule has 1 saturated heterocycles. The first-order valence-corrected chi connectivity index (χ1v) is 9.94. The van der Waals surface area contributed by atoms with Crippen molar-refractivity contribution in [2.45, 2.75) is 30.7 Å². The van der Waals surface area contributed by atoms with Crippen molar-refractivity contribution in [2.24, 2.45) is 0 Å². The Morgan fingerprint density at radius 1 is 1.19 bits per heavy atom. The highest BCUT2D eigenvalue weighted by Crippen LogP contribution is 2.28. The van der Waals surface area contributed by atoms with Gasteiger partial charge in [-0.2, -0.15) is 4.31 Å². The summed E-state index contributed by atoms with van der Waals surface area (Å²) in [5.41, 5.74) is 6.44. The summed E-state index contributed by atoms with van der Waals surface area (Å²) in [4.78, 5) is 8.32. The van der Waals surface area contributed by atoms with E-state index < -0.39 is 10.0 Å². The number of methoxy groups -OCH3 is 1. The number of rotatable bonds is 6. The second kappa shape index (κ2) is 7.88. The number of nitrogens with two attached hydrogens (primary N) is 1. The summed E-state index contributed by atoms with van der Waals surface area (Å²) < 4.78 is 32.8. The van der Waals surface area contributed by atoms with Gasteiger partial charge in [0.25, 0.3) is 0 Å². The van der Waals surface area contributed by atoms with Crippen molar-refractivity contribution in [3.05, 3.63) is 36.2 Å². The average molecular weight is 377 g/mol. The van der Waals surface area contributed by atoms with Gasteiger partial charge in [0.15, 0.2) is 11.6 Å². The number of nitrogen functional groups attached to an aromatic ring is 1. The number of hydrogen-bond acceptors (Lipinski definition) is 7. The smallest absolute Gasteiger partial charge is 0.243 e. The maximum Gasteiger partial charge on any atom is 0.243 e. The molecule has 8 nitrogen and oxygen atoms in total. The maximum atomic E-state index is 13.0.